The van der Waals surface area contributed by atoms with Gasteiger partial charge in [0.15, 0.2) is 0 Å². The van der Waals surface area contributed by atoms with Crippen LogP contribution in [0.25, 0.3) is 6.08 Å². The first-order chi connectivity index (χ1) is 15.0. The molecule has 0 unspecified atom stereocenters. The first-order valence-electron chi connectivity index (χ1n) is 9.39. The number of ether oxygens (including phenoxy) is 1. The van der Waals surface area contributed by atoms with Gasteiger partial charge in [0.2, 0.25) is 0 Å². The third-order valence-electron chi connectivity index (χ3n) is 4.64. The van der Waals surface area contributed by atoms with Crippen molar-refractivity contribution in [2.75, 3.05) is 0 Å². The molecule has 8 heteroatoms. The molecular weight excluding hydrogens is 420 g/mol. The van der Waals surface area contributed by atoms with Gasteiger partial charge in [-0.05, 0) is 30.3 Å². The van der Waals surface area contributed by atoms with Gasteiger partial charge in [0, 0.05) is 16.1 Å². The number of rotatable bonds is 6. The van der Waals surface area contributed by atoms with Gasteiger partial charge in [-0.2, -0.15) is 0 Å². The van der Waals surface area contributed by atoms with Crippen LogP contribution >= 0.6 is 11.6 Å². The van der Waals surface area contributed by atoms with Crippen LogP contribution in [-0.4, -0.2) is 22.7 Å². The molecule has 31 heavy (non-hydrogen) atoms. The van der Waals surface area contributed by atoms with Gasteiger partial charge in [-0.3, -0.25) is 19.8 Å². The molecule has 2 aromatic carbocycles. The summed E-state index contributed by atoms with van der Waals surface area (Å²) in [6.07, 6.45) is 2.84. The summed E-state index contributed by atoms with van der Waals surface area (Å²) in [6.45, 7) is 0.121. The molecule has 0 atom stereocenters. The quantitative estimate of drug-likeness (QED) is 0.462. The Labute approximate surface area is 182 Å². The largest absolute Gasteiger partial charge is 0.488 e. The zero-order valence-corrected chi connectivity index (χ0v) is 17.0. The van der Waals surface area contributed by atoms with Crippen LogP contribution in [0, 0.1) is 0 Å². The van der Waals surface area contributed by atoms with Crippen molar-refractivity contribution < 1.29 is 23.5 Å². The monoisotopic (exact) mass is 436 g/mol. The summed E-state index contributed by atoms with van der Waals surface area (Å²) in [6, 6.07) is 16.7. The van der Waals surface area contributed by atoms with Crippen LogP contribution in [0.1, 0.15) is 16.9 Å². The number of amides is 4. The van der Waals surface area contributed by atoms with Crippen molar-refractivity contribution in [2.45, 2.75) is 13.2 Å². The second-order valence-corrected chi connectivity index (χ2v) is 7.11. The van der Waals surface area contributed by atoms with Gasteiger partial charge in [-0.1, -0.05) is 48.0 Å². The van der Waals surface area contributed by atoms with Crippen LogP contribution in [-0.2, 0) is 22.7 Å². The highest BCUT2D eigenvalue weighted by molar-refractivity contribution is 6.31. The normalized spacial score (nSPS) is 15.3. The van der Waals surface area contributed by atoms with Crippen LogP contribution in [0.5, 0.6) is 5.75 Å². The van der Waals surface area contributed by atoms with Crippen LogP contribution in [0.15, 0.2) is 76.9 Å². The number of imide groups is 2. The Morgan fingerprint density at radius 3 is 2.55 bits per heavy atom. The summed E-state index contributed by atoms with van der Waals surface area (Å²) in [5.74, 6) is -0.608. The molecule has 0 bridgehead atoms. The number of carbonyl (C=O) groups excluding carboxylic acids is 3. The lowest BCUT2D eigenvalue weighted by Gasteiger charge is -2.25. The average molecular weight is 437 g/mol. The topological polar surface area (TPSA) is 88.9 Å². The van der Waals surface area contributed by atoms with E-state index in [1.165, 1.54) is 12.3 Å². The molecule has 0 radical (unpaired) electrons. The summed E-state index contributed by atoms with van der Waals surface area (Å²) in [7, 11) is 0. The molecule has 1 aliphatic heterocycles. The zero-order chi connectivity index (χ0) is 21.8. The Kier molecular flexibility index (Phi) is 5.86. The fourth-order valence-electron chi connectivity index (χ4n) is 3.05. The van der Waals surface area contributed by atoms with Crippen LogP contribution < -0.4 is 10.1 Å². The van der Waals surface area contributed by atoms with E-state index in [2.05, 4.69) is 5.32 Å². The van der Waals surface area contributed by atoms with E-state index >= 15 is 0 Å². The summed E-state index contributed by atoms with van der Waals surface area (Å²) >= 11 is 6.18. The predicted octanol–water partition coefficient (Wildman–Crippen LogP) is 4.17. The van der Waals surface area contributed by atoms with Crippen molar-refractivity contribution in [3.05, 3.63) is 94.4 Å². The number of carbonyl (C=O) groups is 3. The van der Waals surface area contributed by atoms with Crippen molar-refractivity contribution in [3.8, 4) is 5.75 Å². The highest BCUT2D eigenvalue weighted by Crippen LogP contribution is 2.25. The van der Waals surface area contributed by atoms with Gasteiger partial charge in [0.25, 0.3) is 11.8 Å². The van der Waals surface area contributed by atoms with E-state index in [1.54, 1.807) is 42.5 Å². The molecule has 4 rings (SSSR count). The number of nitrogens with one attached hydrogen (secondary N) is 1. The van der Waals surface area contributed by atoms with Gasteiger partial charge in [-0.15, -0.1) is 0 Å². The summed E-state index contributed by atoms with van der Waals surface area (Å²) in [5.41, 5.74) is 1.13. The third-order valence-corrected chi connectivity index (χ3v) is 5.01. The second-order valence-electron chi connectivity index (χ2n) is 6.71. The maximum absolute atomic E-state index is 12.9. The number of urea groups is 1. The minimum Gasteiger partial charge on any atom is -0.488 e. The van der Waals surface area contributed by atoms with Crippen molar-refractivity contribution in [3.63, 3.8) is 0 Å². The number of barbiturate groups is 1. The van der Waals surface area contributed by atoms with Gasteiger partial charge in [0.1, 0.15) is 23.7 Å². The Bertz CT molecular complexity index is 1170. The van der Waals surface area contributed by atoms with E-state index in [1.807, 2.05) is 18.2 Å². The number of hydrogen-bond acceptors (Lipinski definition) is 5. The number of hydrogen-bond donors (Lipinski definition) is 1. The Hall–Kier alpha value is -3.84. The summed E-state index contributed by atoms with van der Waals surface area (Å²) in [4.78, 5) is 38.3. The third kappa shape index (κ3) is 4.51. The molecule has 1 saturated heterocycles. The van der Waals surface area contributed by atoms with Gasteiger partial charge in [-0.25, -0.2) is 4.79 Å². The molecule has 7 nitrogen and oxygen atoms in total. The highest BCUT2D eigenvalue weighted by atomic mass is 35.5. The lowest BCUT2D eigenvalue weighted by Crippen LogP contribution is -2.53. The SMILES string of the molecule is O=C1NC(=O)N(Cc2ccco2)C(=O)/C1=C/c1ccccc1OCc1ccccc1Cl. The van der Waals surface area contributed by atoms with E-state index in [9.17, 15) is 14.4 Å². The van der Waals surface area contributed by atoms with Crippen molar-refractivity contribution in [1.82, 2.24) is 10.2 Å². The minimum atomic E-state index is -0.799. The minimum absolute atomic E-state index is 0.0903. The second kappa shape index (κ2) is 8.89. The van der Waals surface area contributed by atoms with E-state index in [-0.39, 0.29) is 18.7 Å². The molecule has 1 aliphatic rings. The number of halogens is 1. The summed E-state index contributed by atoms with van der Waals surface area (Å²) < 4.78 is 11.1. The smallest absolute Gasteiger partial charge is 0.331 e. The number of para-hydroxylation sites is 1. The van der Waals surface area contributed by atoms with Gasteiger partial charge in [0.05, 0.1) is 12.8 Å². The Balaban J connectivity index is 1.59. The highest BCUT2D eigenvalue weighted by Gasteiger charge is 2.36. The van der Waals surface area contributed by atoms with E-state index in [0.29, 0.717) is 22.1 Å². The molecule has 1 aromatic heterocycles. The molecule has 156 valence electrons. The molecule has 0 spiro atoms. The first-order valence-corrected chi connectivity index (χ1v) is 9.77. The summed E-state index contributed by atoms with van der Waals surface area (Å²) in [5, 5.41) is 2.76. The predicted molar refractivity (Wildman–Crippen MR) is 113 cm³/mol. The number of nitrogens with zero attached hydrogens (tertiary/aromatic N) is 1. The molecule has 0 aliphatic carbocycles. The fourth-order valence-corrected chi connectivity index (χ4v) is 3.24. The van der Waals surface area contributed by atoms with Crippen molar-refractivity contribution in [1.29, 1.82) is 0 Å². The molecular formula is C23H17ClN2O5. The van der Waals surface area contributed by atoms with Gasteiger partial charge < -0.3 is 9.15 Å². The lowest BCUT2D eigenvalue weighted by molar-refractivity contribution is -0.130. The van der Waals surface area contributed by atoms with E-state index < -0.39 is 17.8 Å². The van der Waals surface area contributed by atoms with Crippen LogP contribution in [0.2, 0.25) is 5.02 Å². The van der Waals surface area contributed by atoms with E-state index in [0.717, 1.165) is 10.5 Å². The maximum atomic E-state index is 12.9. The van der Waals surface area contributed by atoms with Crippen LogP contribution in [0.3, 0.4) is 0 Å². The lowest BCUT2D eigenvalue weighted by atomic mass is 10.1. The molecule has 3 aromatic rings. The molecule has 2 heterocycles. The van der Waals surface area contributed by atoms with Crippen LogP contribution in [0.4, 0.5) is 4.79 Å². The molecule has 4 amide bonds. The molecule has 1 fully saturated rings. The zero-order valence-electron chi connectivity index (χ0n) is 16.2. The average Bonchev–Trinajstić information content (AvgIpc) is 3.28. The number of benzene rings is 2. The molecule has 1 N–H and O–H groups in total. The van der Waals surface area contributed by atoms with Crippen molar-refractivity contribution >= 4 is 35.5 Å². The first kappa shape index (κ1) is 20.4. The Morgan fingerprint density at radius 1 is 1.00 bits per heavy atom. The standard InChI is InChI=1S/C23H17ClN2O5/c24-19-9-3-1-7-16(19)14-31-20-10-4-2-6-15(20)12-18-21(27)25-23(29)26(22(18)28)13-17-8-5-11-30-17/h1-12H,13-14H2,(H,25,27,29)/b18-12+. The van der Waals surface area contributed by atoms with E-state index in [4.69, 9.17) is 20.8 Å². The van der Waals surface area contributed by atoms with Crippen molar-refractivity contribution in [2.24, 2.45) is 0 Å². The number of furan rings is 1. The maximum Gasteiger partial charge on any atom is 0.331 e. The molecule has 0 saturated carbocycles. The van der Waals surface area contributed by atoms with Gasteiger partial charge >= 0.3 is 6.03 Å². The Morgan fingerprint density at radius 2 is 1.77 bits per heavy atom. The fraction of sp³-hybridized carbons (Fsp3) is 0.0870.